The van der Waals surface area contributed by atoms with Crippen LogP contribution in [-0.2, 0) is 6.42 Å². The number of aromatic nitrogens is 2. The largest absolute Gasteiger partial charge is 0.328 e. The molecule has 1 aliphatic rings. The number of halogens is 4. The fourth-order valence-electron chi connectivity index (χ4n) is 3.47. The first-order valence-corrected chi connectivity index (χ1v) is 10.3. The van der Waals surface area contributed by atoms with Gasteiger partial charge in [0.2, 0.25) is 0 Å². The number of fused-ring (bicyclic) bond motifs is 1. The lowest BCUT2D eigenvalue weighted by atomic mass is 9.99. The number of hydrogen-bond acceptors (Lipinski definition) is 3. The van der Waals surface area contributed by atoms with Crippen molar-refractivity contribution in [2.75, 3.05) is 5.43 Å². The lowest BCUT2D eigenvalue weighted by Gasteiger charge is -2.20. The van der Waals surface area contributed by atoms with Crippen LogP contribution in [0.15, 0.2) is 54.2 Å². The van der Waals surface area contributed by atoms with Crippen LogP contribution < -0.4 is 5.43 Å². The quantitative estimate of drug-likeness (QED) is 0.346. The van der Waals surface area contributed by atoms with Gasteiger partial charge in [-0.3, -0.25) is 5.43 Å². The molecule has 28 heavy (non-hydrogen) atoms. The van der Waals surface area contributed by atoms with Crippen molar-refractivity contribution in [1.82, 2.24) is 9.55 Å². The second-order valence-corrected chi connectivity index (χ2v) is 8.26. The Morgan fingerprint density at radius 3 is 2.54 bits per heavy atom. The summed E-state index contributed by atoms with van der Waals surface area (Å²) in [6, 6.07) is 9.19. The van der Waals surface area contributed by atoms with E-state index in [1.807, 2.05) is 30.7 Å². The fourth-order valence-corrected chi connectivity index (χ4v) is 4.56. The van der Waals surface area contributed by atoms with Crippen molar-refractivity contribution in [2.45, 2.75) is 25.3 Å². The molecule has 0 amide bonds. The highest BCUT2D eigenvalue weighted by atomic mass is 35.5. The van der Waals surface area contributed by atoms with E-state index in [1.165, 1.54) is 5.56 Å². The Bertz CT molecular complexity index is 1010. The van der Waals surface area contributed by atoms with E-state index in [4.69, 9.17) is 51.5 Å². The van der Waals surface area contributed by atoms with Gasteiger partial charge in [0.05, 0.1) is 33.8 Å². The molecule has 3 aromatic rings. The molecule has 1 aliphatic carbocycles. The third-order valence-electron chi connectivity index (χ3n) is 4.76. The highest BCUT2D eigenvalue weighted by molar-refractivity contribution is 6.41. The summed E-state index contributed by atoms with van der Waals surface area (Å²) in [5, 5.41) is 6.74. The van der Waals surface area contributed by atoms with Gasteiger partial charge < -0.3 is 4.57 Å². The Labute approximate surface area is 183 Å². The Kier molecular flexibility index (Phi) is 5.83. The molecule has 0 radical (unpaired) electrons. The Morgan fingerprint density at radius 1 is 1.04 bits per heavy atom. The molecule has 0 saturated heterocycles. The number of anilines is 1. The average molecular weight is 454 g/mol. The van der Waals surface area contributed by atoms with E-state index in [9.17, 15) is 0 Å². The minimum absolute atomic E-state index is 0.0299. The van der Waals surface area contributed by atoms with Crippen LogP contribution in [0.5, 0.6) is 0 Å². The van der Waals surface area contributed by atoms with Crippen molar-refractivity contribution in [1.29, 1.82) is 0 Å². The number of benzene rings is 2. The van der Waals surface area contributed by atoms with Crippen LogP contribution in [0.2, 0.25) is 20.1 Å². The summed E-state index contributed by atoms with van der Waals surface area (Å²) < 4.78 is 2.06. The third kappa shape index (κ3) is 4.01. The molecule has 1 N–H and O–H groups in total. The predicted octanol–water partition coefficient (Wildman–Crippen LogP) is 6.89. The molecule has 0 spiro atoms. The molecule has 1 unspecified atom stereocenters. The van der Waals surface area contributed by atoms with Gasteiger partial charge in [-0.15, -0.1) is 0 Å². The first-order valence-electron chi connectivity index (χ1n) is 8.77. The maximum absolute atomic E-state index is 6.31. The van der Waals surface area contributed by atoms with Crippen LogP contribution in [0.4, 0.5) is 5.69 Å². The molecule has 8 heteroatoms. The van der Waals surface area contributed by atoms with Gasteiger partial charge >= 0.3 is 0 Å². The van der Waals surface area contributed by atoms with Crippen molar-refractivity contribution in [3.05, 3.63) is 80.3 Å². The van der Waals surface area contributed by atoms with Crippen LogP contribution in [-0.4, -0.2) is 15.3 Å². The SMILES string of the molecule is Clc1cc(Cl)c(NN=C2c3ccc(Cl)cc3CCCC2n2ccnc2)c(Cl)c1. The zero-order chi connectivity index (χ0) is 19.7. The molecule has 144 valence electrons. The van der Waals surface area contributed by atoms with Gasteiger partial charge in [0.1, 0.15) is 0 Å². The number of nitrogens with zero attached hydrogens (tertiary/aromatic N) is 3. The van der Waals surface area contributed by atoms with E-state index < -0.39 is 0 Å². The summed E-state index contributed by atoms with van der Waals surface area (Å²) in [6.07, 6.45) is 8.39. The van der Waals surface area contributed by atoms with Gasteiger partial charge in [-0.2, -0.15) is 5.10 Å². The minimum Gasteiger partial charge on any atom is -0.328 e. The van der Waals surface area contributed by atoms with Crippen LogP contribution in [0, 0.1) is 0 Å². The first kappa shape index (κ1) is 19.6. The molecule has 0 bridgehead atoms. The molecule has 0 aliphatic heterocycles. The van der Waals surface area contributed by atoms with E-state index in [0.717, 1.165) is 35.6 Å². The van der Waals surface area contributed by atoms with Crippen LogP contribution in [0.25, 0.3) is 0 Å². The first-order chi connectivity index (χ1) is 13.5. The maximum Gasteiger partial charge on any atom is 0.0952 e. The molecule has 2 aromatic carbocycles. The van der Waals surface area contributed by atoms with Crippen LogP contribution in [0.3, 0.4) is 0 Å². The lowest BCUT2D eigenvalue weighted by Crippen LogP contribution is -2.20. The van der Waals surface area contributed by atoms with E-state index in [1.54, 1.807) is 18.3 Å². The molecule has 0 saturated carbocycles. The van der Waals surface area contributed by atoms with Gasteiger partial charge in [-0.25, -0.2) is 4.98 Å². The average Bonchev–Trinajstić information content (AvgIpc) is 3.11. The predicted molar refractivity (Wildman–Crippen MR) is 117 cm³/mol. The van der Waals surface area contributed by atoms with Crippen molar-refractivity contribution < 1.29 is 0 Å². The summed E-state index contributed by atoms with van der Waals surface area (Å²) >= 11 is 24.9. The van der Waals surface area contributed by atoms with Crippen molar-refractivity contribution in [2.24, 2.45) is 5.10 Å². The molecular formula is C20H16Cl4N4. The number of rotatable bonds is 3. The van der Waals surface area contributed by atoms with Crippen LogP contribution >= 0.6 is 46.4 Å². The van der Waals surface area contributed by atoms with Crippen LogP contribution in [0.1, 0.15) is 30.0 Å². The highest BCUT2D eigenvalue weighted by Crippen LogP contribution is 2.35. The molecule has 1 atom stereocenters. The summed E-state index contributed by atoms with van der Waals surface area (Å²) in [7, 11) is 0. The van der Waals surface area contributed by atoms with Crippen molar-refractivity contribution in [3.63, 3.8) is 0 Å². The van der Waals surface area contributed by atoms with E-state index in [2.05, 4.69) is 15.0 Å². The molecule has 4 rings (SSSR count). The second kappa shape index (κ2) is 8.34. The summed E-state index contributed by atoms with van der Waals surface area (Å²) in [5.74, 6) is 0. The summed E-state index contributed by atoms with van der Waals surface area (Å²) in [4.78, 5) is 4.20. The van der Waals surface area contributed by atoms with E-state index in [-0.39, 0.29) is 6.04 Å². The number of hydrazone groups is 1. The van der Waals surface area contributed by atoms with E-state index >= 15 is 0 Å². The summed E-state index contributed by atoms with van der Waals surface area (Å²) in [5.41, 5.74) is 6.67. The zero-order valence-electron chi connectivity index (χ0n) is 14.7. The monoisotopic (exact) mass is 452 g/mol. The second-order valence-electron chi connectivity index (χ2n) is 6.57. The third-order valence-corrected chi connectivity index (χ3v) is 5.81. The van der Waals surface area contributed by atoms with Crippen molar-refractivity contribution >= 4 is 57.8 Å². The Morgan fingerprint density at radius 2 is 1.82 bits per heavy atom. The minimum atomic E-state index is 0.0299. The normalized spacial score (nSPS) is 18.0. The molecule has 1 heterocycles. The number of hydrogen-bond donors (Lipinski definition) is 1. The summed E-state index contributed by atoms with van der Waals surface area (Å²) in [6.45, 7) is 0. The standard InChI is InChI=1S/C20H16Cl4N4/c21-13-4-5-15-12(8-13)2-1-3-18(28-7-6-25-11-28)19(15)26-27-20-16(23)9-14(22)10-17(20)24/h4-11,18,27H,1-3H2. The number of nitrogens with one attached hydrogen (secondary N) is 1. The molecule has 1 aromatic heterocycles. The molecular weight excluding hydrogens is 438 g/mol. The van der Waals surface area contributed by atoms with Gasteiger partial charge in [-0.1, -0.05) is 52.5 Å². The highest BCUT2D eigenvalue weighted by Gasteiger charge is 2.25. The molecule has 4 nitrogen and oxygen atoms in total. The molecule has 0 fully saturated rings. The topological polar surface area (TPSA) is 42.2 Å². The van der Waals surface area contributed by atoms with E-state index in [0.29, 0.717) is 20.8 Å². The Hall–Kier alpha value is -1.72. The van der Waals surface area contributed by atoms with Crippen molar-refractivity contribution in [3.8, 4) is 0 Å². The number of aryl methyl sites for hydroxylation is 1. The van der Waals surface area contributed by atoms with Gasteiger partial charge in [0.25, 0.3) is 0 Å². The maximum atomic E-state index is 6.31. The Balaban J connectivity index is 1.81. The smallest absolute Gasteiger partial charge is 0.0952 e. The lowest BCUT2D eigenvalue weighted by molar-refractivity contribution is 0.568. The van der Waals surface area contributed by atoms with Gasteiger partial charge in [-0.05, 0) is 49.1 Å². The zero-order valence-corrected chi connectivity index (χ0v) is 17.7. The van der Waals surface area contributed by atoms with Gasteiger partial charge in [0.15, 0.2) is 0 Å². The number of imidazole rings is 1. The fraction of sp³-hybridized carbons (Fsp3) is 0.200. The van der Waals surface area contributed by atoms with Gasteiger partial charge in [0, 0.05) is 28.0 Å².